The van der Waals surface area contributed by atoms with E-state index in [1.54, 1.807) is 0 Å². The molecular weight excluding hydrogens is 346 g/mol. The van der Waals surface area contributed by atoms with Crippen LogP contribution in [0.5, 0.6) is 0 Å². The Morgan fingerprint density at radius 2 is 1.65 bits per heavy atom. The second-order valence-corrected chi connectivity index (χ2v) is 7.55. The Labute approximate surface area is 159 Å². The lowest BCUT2D eigenvalue weighted by Crippen LogP contribution is -2.27. The molecule has 0 bridgehead atoms. The van der Waals surface area contributed by atoms with Crippen molar-refractivity contribution >= 4 is 23.1 Å². The first-order valence-corrected chi connectivity index (χ1v) is 10.2. The van der Waals surface area contributed by atoms with Crippen molar-refractivity contribution in [3.63, 3.8) is 0 Å². The predicted octanol–water partition coefficient (Wildman–Crippen LogP) is 4.85. The average Bonchev–Trinajstić information content (AvgIpc) is 2.70. The summed E-state index contributed by atoms with van der Waals surface area (Å²) in [5.41, 5.74) is 2.51. The number of rotatable bonds is 7. The largest absolute Gasteiger partial charge is 0.377 e. The van der Waals surface area contributed by atoms with E-state index < -0.39 is 0 Å². The van der Waals surface area contributed by atoms with Gasteiger partial charge >= 0.3 is 0 Å². The van der Waals surface area contributed by atoms with Crippen LogP contribution in [0.4, 0.5) is 11.4 Å². The smallest absolute Gasteiger partial charge is 0.157 e. The predicted molar refractivity (Wildman–Crippen MR) is 104 cm³/mol. The lowest BCUT2D eigenvalue weighted by atomic mass is 10.2. The van der Waals surface area contributed by atoms with Gasteiger partial charge in [0.15, 0.2) is 6.29 Å². The number of hydrogen-bond acceptors (Lipinski definition) is 5. The molecule has 138 valence electrons. The van der Waals surface area contributed by atoms with Crippen molar-refractivity contribution in [2.75, 3.05) is 37.9 Å². The minimum atomic E-state index is -0.0368. The minimum absolute atomic E-state index is 0.0368. The summed E-state index contributed by atoms with van der Waals surface area (Å²) in [7, 11) is 0. The molecule has 2 heterocycles. The van der Waals surface area contributed by atoms with Crippen LogP contribution in [-0.4, -0.2) is 39.3 Å². The molecule has 2 aliphatic heterocycles. The van der Waals surface area contributed by atoms with Gasteiger partial charge in [-0.25, -0.2) is 0 Å². The monoisotopic (exact) mass is 371 g/mol. The van der Waals surface area contributed by atoms with E-state index in [0.29, 0.717) is 19.8 Å². The summed E-state index contributed by atoms with van der Waals surface area (Å²) in [5, 5.41) is 0. The quantitative estimate of drug-likeness (QED) is 0.650. The van der Waals surface area contributed by atoms with Gasteiger partial charge in [0.25, 0.3) is 0 Å². The van der Waals surface area contributed by atoms with Crippen LogP contribution in [0.1, 0.15) is 19.3 Å². The van der Waals surface area contributed by atoms with Gasteiger partial charge in [-0.05, 0) is 43.5 Å². The van der Waals surface area contributed by atoms with Crippen LogP contribution in [0.2, 0.25) is 0 Å². The van der Waals surface area contributed by atoms with E-state index >= 15 is 0 Å². The third kappa shape index (κ3) is 4.23. The Hall–Kier alpha value is -1.53. The molecule has 2 aliphatic rings. The van der Waals surface area contributed by atoms with E-state index in [4.69, 9.17) is 14.2 Å². The highest BCUT2D eigenvalue weighted by Crippen LogP contribution is 2.47. The number of benzene rings is 2. The molecule has 2 aromatic rings. The number of nitrogens with zero attached hydrogens (tertiary/aromatic N) is 1. The first-order valence-electron chi connectivity index (χ1n) is 9.36. The van der Waals surface area contributed by atoms with Crippen molar-refractivity contribution in [3.8, 4) is 0 Å². The van der Waals surface area contributed by atoms with E-state index in [9.17, 15) is 0 Å². The van der Waals surface area contributed by atoms with Crippen LogP contribution >= 0.6 is 11.8 Å². The standard InChI is InChI=1S/C21H25NO3S/c1-3-9-19-17(7-1)22(18-8-2-4-10-20(18)26-19)12-14-23-15-16-25-21-11-5-6-13-24-21/h1-4,7-10,21H,5-6,11-16H2. The first-order chi connectivity index (χ1) is 12.9. The van der Waals surface area contributed by atoms with E-state index in [2.05, 4.69) is 53.4 Å². The molecule has 0 amide bonds. The molecule has 0 spiro atoms. The highest BCUT2D eigenvalue weighted by Gasteiger charge is 2.22. The molecule has 2 aromatic carbocycles. The topological polar surface area (TPSA) is 30.9 Å². The zero-order valence-electron chi connectivity index (χ0n) is 14.9. The van der Waals surface area contributed by atoms with Crippen LogP contribution in [0.3, 0.4) is 0 Å². The van der Waals surface area contributed by atoms with Crippen molar-refractivity contribution in [1.29, 1.82) is 0 Å². The maximum Gasteiger partial charge on any atom is 0.157 e. The summed E-state index contributed by atoms with van der Waals surface area (Å²) >= 11 is 1.83. The Morgan fingerprint density at radius 3 is 2.35 bits per heavy atom. The third-order valence-electron chi connectivity index (χ3n) is 4.66. The maximum absolute atomic E-state index is 5.83. The SMILES string of the molecule is c1ccc2c(c1)Sc1ccccc1N2CCOCCOC1CCCCO1. The van der Waals surface area contributed by atoms with Crippen LogP contribution < -0.4 is 4.90 Å². The summed E-state index contributed by atoms with van der Waals surface area (Å²) in [5.74, 6) is 0. The highest BCUT2D eigenvalue weighted by molar-refractivity contribution is 7.99. The number of fused-ring (bicyclic) bond motifs is 2. The molecule has 0 saturated carbocycles. The molecular formula is C21H25NO3S. The summed E-state index contributed by atoms with van der Waals surface area (Å²) in [4.78, 5) is 4.94. The van der Waals surface area contributed by atoms with Crippen LogP contribution in [-0.2, 0) is 14.2 Å². The fourth-order valence-electron chi connectivity index (χ4n) is 3.36. The van der Waals surface area contributed by atoms with Gasteiger partial charge in [0.1, 0.15) is 0 Å². The second kappa shape index (κ2) is 8.91. The molecule has 1 saturated heterocycles. The molecule has 26 heavy (non-hydrogen) atoms. The van der Waals surface area contributed by atoms with Gasteiger partial charge in [-0.1, -0.05) is 36.0 Å². The Morgan fingerprint density at radius 1 is 0.923 bits per heavy atom. The Balaban J connectivity index is 1.29. The Bertz CT molecular complexity index is 672. The van der Waals surface area contributed by atoms with E-state index in [1.807, 2.05) is 11.8 Å². The normalized spacial score (nSPS) is 19.1. The summed E-state index contributed by atoms with van der Waals surface area (Å²) < 4.78 is 17.1. The molecule has 4 rings (SSSR count). The zero-order valence-corrected chi connectivity index (χ0v) is 15.7. The van der Waals surface area contributed by atoms with E-state index in [1.165, 1.54) is 27.6 Å². The number of para-hydroxylation sites is 2. The fraction of sp³-hybridized carbons (Fsp3) is 0.429. The van der Waals surface area contributed by atoms with Crippen molar-refractivity contribution in [2.24, 2.45) is 0 Å². The van der Waals surface area contributed by atoms with Crippen molar-refractivity contribution in [2.45, 2.75) is 35.3 Å². The van der Waals surface area contributed by atoms with Gasteiger partial charge in [0.05, 0.1) is 31.2 Å². The molecule has 4 nitrogen and oxygen atoms in total. The van der Waals surface area contributed by atoms with Crippen molar-refractivity contribution in [3.05, 3.63) is 48.5 Å². The van der Waals surface area contributed by atoms with Gasteiger partial charge in [0, 0.05) is 22.9 Å². The van der Waals surface area contributed by atoms with Crippen LogP contribution in [0, 0.1) is 0 Å². The van der Waals surface area contributed by atoms with Gasteiger partial charge < -0.3 is 19.1 Å². The average molecular weight is 372 g/mol. The molecule has 0 radical (unpaired) electrons. The molecule has 0 N–H and O–H groups in total. The van der Waals surface area contributed by atoms with Crippen LogP contribution in [0.15, 0.2) is 58.3 Å². The summed E-state index contributed by atoms with van der Waals surface area (Å²) in [6.45, 7) is 3.51. The fourth-order valence-corrected chi connectivity index (χ4v) is 4.46. The lowest BCUT2D eigenvalue weighted by Gasteiger charge is -2.32. The number of anilines is 2. The maximum atomic E-state index is 5.83. The molecule has 0 aliphatic carbocycles. The second-order valence-electron chi connectivity index (χ2n) is 6.47. The Kier molecular flexibility index (Phi) is 6.12. The van der Waals surface area contributed by atoms with Gasteiger partial charge in [0.2, 0.25) is 0 Å². The van der Waals surface area contributed by atoms with Crippen molar-refractivity contribution < 1.29 is 14.2 Å². The van der Waals surface area contributed by atoms with Gasteiger partial charge in [-0.2, -0.15) is 0 Å². The van der Waals surface area contributed by atoms with Gasteiger partial charge in [-0.3, -0.25) is 0 Å². The zero-order chi connectivity index (χ0) is 17.6. The molecule has 1 unspecified atom stereocenters. The molecule has 1 fully saturated rings. The molecule has 1 atom stereocenters. The molecule has 0 aromatic heterocycles. The lowest BCUT2D eigenvalue weighted by molar-refractivity contribution is -0.168. The van der Waals surface area contributed by atoms with Gasteiger partial charge in [-0.15, -0.1) is 0 Å². The van der Waals surface area contributed by atoms with Crippen LogP contribution in [0.25, 0.3) is 0 Å². The number of hydrogen-bond donors (Lipinski definition) is 0. The highest BCUT2D eigenvalue weighted by atomic mass is 32.2. The van der Waals surface area contributed by atoms with Crippen molar-refractivity contribution in [1.82, 2.24) is 0 Å². The van der Waals surface area contributed by atoms with E-state index in [-0.39, 0.29) is 6.29 Å². The van der Waals surface area contributed by atoms with E-state index in [0.717, 1.165) is 26.0 Å². The summed E-state index contributed by atoms with van der Waals surface area (Å²) in [6.07, 6.45) is 3.30. The summed E-state index contributed by atoms with van der Waals surface area (Å²) in [6, 6.07) is 17.1. The molecule has 5 heteroatoms. The third-order valence-corrected chi connectivity index (χ3v) is 5.79. The number of ether oxygens (including phenoxy) is 3. The minimum Gasteiger partial charge on any atom is -0.377 e. The first kappa shape index (κ1) is 17.9.